The number of halogens is 3. The summed E-state index contributed by atoms with van der Waals surface area (Å²) in [6, 6.07) is 3.34. The lowest BCUT2D eigenvalue weighted by Crippen LogP contribution is -2.25. The number of alkyl halides is 3. The summed E-state index contributed by atoms with van der Waals surface area (Å²) in [6.07, 6.45) is -2.81. The van der Waals surface area contributed by atoms with Crippen LogP contribution in [0.2, 0.25) is 0 Å². The van der Waals surface area contributed by atoms with Gasteiger partial charge in [0.2, 0.25) is 0 Å². The lowest BCUT2D eigenvalue weighted by Gasteiger charge is -2.20. The van der Waals surface area contributed by atoms with Crippen molar-refractivity contribution in [2.75, 3.05) is 0 Å². The van der Waals surface area contributed by atoms with E-state index in [1.165, 1.54) is 6.20 Å². The predicted molar refractivity (Wildman–Crippen MR) is 62.3 cm³/mol. The zero-order valence-electron chi connectivity index (χ0n) is 10.4. The minimum atomic E-state index is -4.29. The molecule has 0 aliphatic carbocycles. The van der Waals surface area contributed by atoms with E-state index < -0.39 is 18.1 Å². The Kier molecular flexibility index (Phi) is 2.83. The molecule has 0 radical (unpaired) electrons. The van der Waals surface area contributed by atoms with E-state index >= 15 is 0 Å². The molecule has 2 aromatic rings. The lowest BCUT2D eigenvalue weighted by atomic mass is 9.96. The Morgan fingerprint density at radius 3 is 2.44 bits per heavy atom. The van der Waals surface area contributed by atoms with Crippen LogP contribution in [0.4, 0.5) is 13.2 Å². The standard InChI is InChI=1S/C12H14F3N3/c1-11(2,3)10-17-8-5-4-6-16-9(8)18(10)7-12(13,14)15/h4-6H,7H2,1-3H3. The maximum Gasteiger partial charge on any atom is 0.406 e. The third-order valence-electron chi connectivity index (χ3n) is 2.51. The van der Waals surface area contributed by atoms with Crippen molar-refractivity contribution in [2.24, 2.45) is 0 Å². The summed E-state index contributed by atoms with van der Waals surface area (Å²) >= 11 is 0. The fourth-order valence-corrected chi connectivity index (χ4v) is 1.86. The molecule has 0 atom stereocenters. The number of rotatable bonds is 1. The van der Waals surface area contributed by atoms with Crippen molar-refractivity contribution in [3.63, 3.8) is 0 Å². The van der Waals surface area contributed by atoms with Crippen LogP contribution in [0.5, 0.6) is 0 Å². The Balaban J connectivity index is 2.66. The van der Waals surface area contributed by atoms with E-state index in [0.717, 1.165) is 4.57 Å². The molecule has 0 bridgehead atoms. The van der Waals surface area contributed by atoms with E-state index in [1.54, 1.807) is 12.1 Å². The normalized spacial score (nSPS) is 13.2. The highest BCUT2D eigenvalue weighted by Crippen LogP contribution is 2.28. The summed E-state index contributed by atoms with van der Waals surface area (Å²) in [5.74, 6) is 0.397. The maximum absolute atomic E-state index is 12.6. The van der Waals surface area contributed by atoms with Gasteiger partial charge in [-0.25, -0.2) is 9.97 Å². The van der Waals surface area contributed by atoms with Gasteiger partial charge in [-0.3, -0.25) is 0 Å². The van der Waals surface area contributed by atoms with Gasteiger partial charge in [-0.2, -0.15) is 13.2 Å². The fourth-order valence-electron chi connectivity index (χ4n) is 1.86. The quantitative estimate of drug-likeness (QED) is 0.784. The third kappa shape index (κ3) is 2.47. The van der Waals surface area contributed by atoms with Crippen molar-refractivity contribution >= 4 is 11.2 Å². The minimum absolute atomic E-state index is 0.278. The Labute approximate surface area is 103 Å². The second kappa shape index (κ2) is 3.96. The molecule has 6 heteroatoms. The summed E-state index contributed by atoms with van der Waals surface area (Å²) < 4.78 is 39.1. The Hall–Kier alpha value is -1.59. The number of aromatic nitrogens is 3. The fraction of sp³-hybridized carbons (Fsp3) is 0.500. The summed E-state index contributed by atoms with van der Waals surface area (Å²) in [6.45, 7) is 4.44. The minimum Gasteiger partial charge on any atom is -0.303 e. The van der Waals surface area contributed by atoms with Crippen LogP contribution >= 0.6 is 0 Å². The number of hydrogen-bond acceptors (Lipinski definition) is 2. The van der Waals surface area contributed by atoms with Crippen LogP contribution in [0.3, 0.4) is 0 Å². The first-order chi connectivity index (χ1) is 8.18. The van der Waals surface area contributed by atoms with E-state index in [2.05, 4.69) is 9.97 Å². The Morgan fingerprint density at radius 2 is 1.89 bits per heavy atom. The van der Waals surface area contributed by atoms with Gasteiger partial charge >= 0.3 is 6.18 Å². The van der Waals surface area contributed by atoms with Gasteiger partial charge in [-0.15, -0.1) is 0 Å². The summed E-state index contributed by atoms with van der Waals surface area (Å²) in [7, 11) is 0. The molecule has 18 heavy (non-hydrogen) atoms. The van der Waals surface area contributed by atoms with Crippen molar-refractivity contribution in [1.29, 1.82) is 0 Å². The van der Waals surface area contributed by atoms with Gasteiger partial charge in [0.15, 0.2) is 5.65 Å². The van der Waals surface area contributed by atoms with E-state index in [0.29, 0.717) is 11.3 Å². The molecule has 0 unspecified atom stereocenters. The number of nitrogens with zero attached hydrogens (tertiary/aromatic N) is 3. The topological polar surface area (TPSA) is 30.7 Å². The third-order valence-corrected chi connectivity index (χ3v) is 2.51. The van der Waals surface area contributed by atoms with Gasteiger partial charge in [0.1, 0.15) is 17.9 Å². The number of fused-ring (bicyclic) bond motifs is 1. The molecule has 0 aromatic carbocycles. The average Bonchev–Trinajstić information content (AvgIpc) is 2.55. The monoisotopic (exact) mass is 257 g/mol. The first-order valence-electron chi connectivity index (χ1n) is 5.57. The number of imidazole rings is 1. The first-order valence-corrected chi connectivity index (χ1v) is 5.57. The molecule has 2 rings (SSSR count). The first kappa shape index (κ1) is 12.9. The van der Waals surface area contributed by atoms with E-state index in [1.807, 2.05) is 20.8 Å². The second-order valence-electron chi connectivity index (χ2n) is 5.23. The van der Waals surface area contributed by atoms with Gasteiger partial charge in [0.25, 0.3) is 0 Å². The smallest absolute Gasteiger partial charge is 0.303 e. The molecule has 3 nitrogen and oxygen atoms in total. The molecule has 0 N–H and O–H groups in total. The molecule has 0 aliphatic rings. The highest BCUT2D eigenvalue weighted by Gasteiger charge is 2.33. The van der Waals surface area contributed by atoms with Crippen LogP contribution in [0.25, 0.3) is 11.2 Å². The summed E-state index contributed by atoms with van der Waals surface area (Å²) in [4.78, 5) is 8.27. The number of pyridine rings is 1. The molecular formula is C12H14F3N3. The Bertz CT molecular complexity index is 564. The predicted octanol–water partition coefficient (Wildman–Crippen LogP) is 3.29. The van der Waals surface area contributed by atoms with Crippen molar-refractivity contribution in [2.45, 2.75) is 38.9 Å². The molecule has 2 heterocycles. The SMILES string of the molecule is CC(C)(C)c1nc2cccnc2n1CC(F)(F)F. The molecule has 0 aliphatic heterocycles. The van der Waals surface area contributed by atoms with Crippen LogP contribution in [0.1, 0.15) is 26.6 Å². The maximum atomic E-state index is 12.6. The van der Waals surface area contributed by atoms with Crippen LogP contribution < -0.4 is 0 Å². The average molecular weight is 257 g/mol. The highest BCUT2D eigenvalue weighted by molar-refractivity contribution is 5.71. The van der Waals surface area contributed by atoms with Crippen LogP contribution in [-0.2, 0) is 12.0 Å². The highest BCUT2D eigenvalue weighted by atomic mass is 19.4. The van der Waals surface area contributed by atoms with Crippen molar-refractivity contribution < 1.29 is 13.2 Å². The molecule has 0 saturated heterocycles. The van der Waals surface area contributed by atoms with Crippen molar-refractivity contribution in [3.8, 4) is 0 Å². The van der Waals surface area contributed by atoms with E-state index in [9.17, 15) is 13.2 Å². The number of hydrogen-bond donors (Lipinski definition) is 0. The zero-order chi connectivity index (χ0) is 13.6. The molecule has 2 aromatic heterocycles. The van der Waals surface area contributed by atoms with Gasteiger partial charge < -0.3 is 4.57 Å². The molecule has 0 spiro atoms. The van der Waals surface area contributed by atoms with Crippen molar-refractivity contribution in [1.82, 2.24) is 14.5 Å². The summed E-state index contributed by atoms with van der Waals surface area (Å²) in [5, 5.41) is 0. The van der Waals surface area contributed by atoms with Gasteiger partial charge in [-0.1, -0.05) is 20.8 Å². The largest absolute Gasteiger partial charge is 0.406 e. The molecule has 98 valence electrons. The Morgan fingerprint density at radius 1 is 1.22 bits per heavy atom. The second-order valence-corrected chi connectivity index (χ2v) is 5.23. The van der Waals surface area contributed by atoms with Gasteiger partial charge in [0.05, 0.1) is 0 Å². The molecular weight excluding hydrogens is 243 g/mol. The van der Waals surface area contributed by atoms with Crippen LogP contribution in [0, 0.1) is 0 Å². The molecule has 0 amide bonds. The van der Waals surface area contributed by atoms with E-state index in [-0.39, 0.29) is 5.65 Å². The van der Waals surface area contributed by atoms with Crippen molar-refractivity contribution in [3.05, 3.63) is 24.2 Å². The van der Waals surface area contributed by atoms with Gasteiger partial charge in [-0.05, 0) is 12.1 Å². The molecule has 0 saturated carbocycles. The zero-order valence-corrected chi connectivity index (χ0v) is 10.4. The van der Waals surface area contributed by atoms with Crippen LogP contribution in [-0.4, -0.2) is 20.7 Å². The summed E-state index contributed by atoms with van der Waals surface area (Å²) in [5.41, 5.74) is 0.304. The molecule has 0 fully saturated rings. The van der Waals surface area contributed by atoms with E-state index in [4.69, 9.17) is 0 Å². The lowest BCUT2D eigenvalue weighted by molar-refractivity contribution is -0.140. The van der Waals surface area contributed by atoms with Gasteiger partial charge in [0, 0.05) is 11.6 Å². The van der Waals surface area contributed by atoms with Crippen LogP contribution in [0.15, 0.2) is 18.3 Å².